The first-order valence-corrected chi connectivity index (χ1v) is 6.57. The molecule has 100 valence electrons. The molecule has 1 aromatic carbocycles. The number of hydrogen-bond acceptors (Lipinski definition) is 3. The first kappa shape index (κ1) is 12.2. The number of aromatic nitrogens is 2. The van der Waals surface area contributed by atoms with Gasteiger partial charge in [0.1, 0.15) is 11.9 Å². The van der Waals surface area contributed by atoms with Crippen LogP contribution >= 0.6 is 0 Å². The third-order valence-electron chi connectivity index (χ3n) is 3.70. The van der Waals surface area contributed by atoms with Crippen molar-refractivity contribution in [2.45, 2.75) is 32.4 Å². The molecule has 1 aromatic heterocycles. The highest BCUT2D eigenvalue weighted by molar-refractivity contribution is 5.41. The molecule has 4 nitrogen and oxygen atoms in total. The summed E-state index contributed by atoms with van der Waals surface area (Å²) in [4.78, 5) is 0. The van der Waals surface area contributed by atoms with Crippen molar-refractivity contribution < 1.29 is 4.74 Å². The quantitative estimate of drug-likeness (QED) is 0.854. The first-order valence-electron chi connectivity index (χ1n) is 6.57. The Morgan fingerprint density at radius 1 is 1.32 bits per heavy atom. The molecule has 1 aliphatic rings. The topological polar surface area (TPSA) is 53.1 Å². The third-order valence-corrected chi connectivity index (χ3v) is 3.70. The van der Waals surface area contributed by atoms with Crippen LogP contribution < -0.4 is 10.5 Å². The van der Waals surface area contributed by atoms with Crippen LogP contribution in [0.4, 0.5) is 0 Å². The van der Waals surface area contributed by atoms with Gasteiger partial charge in [0.2, 0.25) is 0 Å². The van der Waals surface area contributed by atoms with E-state index >= 15 is 0 Å². The Kier molecular flexibility index (Phi) is 2.82. The summed E-state index contributed by atoms with van der Waals surface area (Å²) in [6.45, 7) is 4.08. The Labute approximate surface area is 113 Å². The average molecular weight is 257 g/mol. The van der Waals surface area contributed by atoms with Gasteiger partial charge < -0.3 is 10.5 Å². The van der Waals surface area contributed by atoms with Gasteiger partial charge in [-0.2, -0.15) is 5.10 Å². The zero-order valence-corrected chi connectivity index (χ0v) is 11.6. The standard InChI is InChI=1S/C15H19N3O/c1-9-4-5-14-11(6-9)13(16)7-15(19-14)12-8-18(3)17-10(12)2/h4-6,8,13,15H,7,16H2,1-3H3/t13-,15?/m0/s1. The van der Waals surface area contributed by atoms with Crippen LogP contribution in [0.25, 0.3) is 0 Å². The number of benzene rings is 1. The second-order valence-electron chi connectivity index (χ2n) is 5.33. The van der Waals surface area contributed by atoms with Crippen LogP contribution in [0.5, 0.6) is 5.75 Å². The van der Waals surface area contributed by atoms with Gasteiger partial charge in [0.05, 0.1) is 5.69 Å². The van der Waals surface area contributed by atoms with Crippen LogP contribution in [0, 0.1) is 13.8 Å². The molecule has 2 heterocycles. The molecular weight excluding hydrogens is 238 g/mol. The molecule has 1 aliphatic heterocycles. The normalized spacial score (nSPS) is 21.9. The number of fused-ring (bicyclic) bond motifs is 1. The number of ether oxygens (including phenoxy) is 1. The molecule has 0 radical (unpaired) electrons. The molecule has 2 atom stereocenters. The lowest BCUT2D eigenvalue weighted by molar-refractivity contribution is 0.161. The molecule has 0 aliphatic carbocycles. The third kappa shape index (κ3) is 2.12. The largest absolute Gasteiger partial charge is 0.485 e. The summed E-state index contributed by atoms with van der Waals surface area (Å²) in [7, 11) is 1.93. The monoisotopic (exact) mass is 257 g/mol. The van der Waals surface area contributed by atoms with Gasteiger partial charge in [-0.3, -0.25) is 4.68 Å². The summed E-state index contributed by atoms with van der Waals surface area (Å²) < 4.78 is 7.93. The van der Waals surface area contributed by atoms with E-state index in [4.69, 9.17) is 10.5 Å². The van der Waals surface area contributed by atoms with E-state index in [-0.39, 0.29) is 12.1 Å². The molecule has 0 spiro atoms. The highest BCUT2D eigenvalue weighted by Gasteiger charge is 2.29. The van der Waals surface area contributed by atoms with Crippen molar-refractivity contribution in [3.63, 3.8) is 0 Å². The summed E-state index contributed by atoms with van der Waals surface area (Å²) in [5.41, 5.74) is 10.8. The molecule has 2 N–H and O–H groups in total. The fourth-order valence-electron chi connectivity index (χ4n) is 2.75. The van der Waals surface area contributed by atoms with Crippen LogP contribution in [0.1, 0.15) is 41.0 Å². The lowest BCUT2D eigenvalue weighted by atomic mass is 9.93. The molecule has 0 saturated carbocycles. The Bertz CT molecular complexity index is 618. The van der Waals surface area contributed by atoms with Crippen molar-refractivity contribution in [1.29, 1.82) is 0 Å². The second-order valence-corrected chi connectivity index (χ2v) is 5.33. The van der Waals surface area contributed by atoms with Gasteiger partial charge in [-0.05, 0) is 19.9 Å². The van der Waals surface area contributed by atoms with Gasteiger partial charge in [0.25, 0.3) is 0 Å². The Morgan fingerprint density at radius 3 is 2.79 bits per heavy atom. The molecule has 2 aromatic rings. The van der Waals surface area contributed by atoms with Crippen LogP contribution in [0.2, 0.25) is 0 Å². The molecule has 0 saturated heterocycles. The van der Waals surface area contributed by atoms with E-state index in [1.165, 1.54) is 5.56 Å². The van der Waals surface area contributed by atoms with E-state index in [0.29, 0.717) is 0 Å². The Morgan fingerprint density at radius 2 is 2.11 bits per heavy atom. The fraction of sp³-hybridized carbons (Fsp3) is 0.400. The van der Waals surface area contributed by atoms with Crippen LogP contribution in [0.15, 0.2) is 24.4 Å². The van der Waals surface area contributed by atoms with E-state index in [9.17, 15) is 0 Å². The summed E-state index contributed by atoms with van der Waals surface area (Å²) in [5, 5.41) is 4.38. The van der Waals surface area contributed by atoms with Gasteiger partial charge >= 0.3 is 0 Å². The Hall–Kier alpha value is -1.81. The maximum Gasteiger partial charge on any atom is 0.129 e. The number of aryl methyl sites for hydroxylation is 3. The fourth-order valence-corrected chi connectivity index (χ4v) is 2.75. The van der Waals surface area contributed by atoms with Crippen molar-refractivity contribution in [2.24, 2.45) is 12.8 Å². The highest BCUT2D eigenvalue weighted by atomic mass is 16.5. The van der Waals surface area contributed by atoms with E-state index in [2.05, 4.69) is 24.2 Å². The Balaban J connectivity index is 1.97. The molecule has 1 unspecified atom stereocenters. The van der Waals surface area contributed by atoms with Gasteiger partial charge in [-0.1, -0.05) is 17.7 Å². The molecule has 0 bridgehead atoms. The maximum absolute atomic E-state index is 6.29. The molecule has 0 amide bonds. The smallest absolute Gasteiger partial charge is 0.129 e. The van der Waals surface area contributed by atoms with Gasteiger partial charge in [0, 0.05) is 36.8 Å². The van der Waals surface area contributed by atoms with E-state index < -0.39 is 0 Å². The van der Waals surface area contributed by atoms with Crippen LogP contribution in [-0.2, 0) is 7.05 Å². The molecule has 19 heavy (non-hydrogen) atoms. The lowest BCUT2D eigenvalue weighted by Gasteiger charge is -2.30. The number of hydrogen-bond donors (Lipinski definition) is 1. The summed E-state index contributed by atoms with van der Waals surface area (Å²) in [5.74, 6) is 0.901. The summed E-state index contributed by atoms with van der Waals surface area (Å²) in [6.07, 6.45) is 2.81. The van der Waals surface area contributed by atoms with Gasteiger partial charge in [0.15, 0.2) is 0 Å². The predicted octanol–water partition coefficient (Wildman–Crippen LogP) is 2.56. The zero-order chi connectivity index (χ0) is 13.6. The second kappa shape index (κ2) is 4.38. The minimum atomic E-state index is -0.00101. The van der Waals surface area contributed by atoms with Crippen molar-refractivity contribution >= 4 is 0 Å². The molecular formula is C15H19N3O. The van der Waals surface area contributed by atoms with Crippen LogP contribution in [0.3, 0.4) is 0 Å². The SMILES string of the molecule is Cc1ccc2c(c1)[C@@H](N)CC(c1cn(C)nc1C)O2. The minimum Gasteiger partial charge on any atom is -0.485 e. The van der Waals surface area contributed by atoms with Gasteiger partial charge in [-0.25, -0.2) is 0 Å². The number of nitrogens with zero attached hydrogens (tertiary/aromatic N) is 2. The highest BCUT2D eigenvalue weighted by Crippen LogP contribution is 2.40. The zero-order valence-electron chi connectivity index (χ0n) is 11.6. The predicted molar refractivity (Wildman–Crippen MR) is 74.0 cm³/mol. The summed E-state index contributed by atoms with van der Waals surface area (Å²) in [6, 6.07) is 6.21. The number of nitrogens with two attached hydrogens (primary N) is 1. The lowest BCUT2D eigenvalue weighted by Crippen LogP contribution is -2.24. The molecule has 4 heteroatoms. The summed E-state index contributed by atoms with van der Waals surface area (Å²) >= 11 is 0. The van der Waals surface area contributed by atoms with Crippen molar-refractivity contribution in [2.75, 3.05) is 0 Å². The average Bonchev–Trinajstić information content (AvgIpc) is 2.69. The van der Waals surface area contributed by atoms with Crippen molar-refractivity contribution in [3.8, 4) is 5.75 Å². The van der Waals surface area contributed by atoms with E-state index in [0.717, 1.165) is 29.0 Å². The molecule has 3 rings (SSSR count). The van der Waals surface area contributed by atoms with E-state index in [1.807, 2.05) is 30.9 Å². The van der Waals surface area contributed by atoms with Gasteiger partial charge in [-0.15, -0.1) is 0 Å². The van der Waals surface area contributed by atoms with Crippen LogP contribution in [-0.4, -0.2) is 9.78 Å². The maximum atomic E-state index is 6.29. The minimum absolute atomic E-state index is 0.00101. The van der Waals surface area contributed by atoms with Crippen molar-refractivity contribution in [1.82, 2.24) is 9.78 Å². The number of rotatable bonds is 1. The first-order chi connectivity index (χ1) is 9.04. The molecule has 0 fully saturated rings. The van der Waals surface area contributed by atoms with Crippen molar-refractivity contribution in [3.05, 3.63) is 46.8 Å². The van der Waals surface area contributed by atoms with E-state index in [1.54, 1.807) is 0 Å².